The highest BCUT2D eigenvalue weighted by Gasteiger charge is 2.43. The Morgan fingerprint density at radius 2 is 0.892 bits per heavy atom. The minimum absolute atomic E-state index is 0.128. The molecule has 0 atom stereocenters. The van der Waals surface area contributed by atoms with E-state index in [1.165, 1.54) is 83.6 Å². The fourth-order valence-corrected chi connectivity index (χ4v) is 12.1. The van der Waals surface area contributed by atoms with Gasteiger partial charge in [0.25, 0.3) is 0 Å². The number of hydrogen-bond donors (Lipinski definition) is 0. The van der Waals surface area contributed by atoms with Gasteiger partial charge in [0.1, 0.15) is 11.2 Å². The SMILES string of the molecule is CC1(C)c2cc(N(c3ccc(-c4cccc5c4oc4ccccc45)cc3)c3cccc4c3-c3ccccc3C4(C)C)ccc2-c2cc3c(cc21)-c1c(-c2ccccc2)cccc1C3(C)C. The van der Waals surface area contributed by atoms with Crippen LogP contribution in [0.25, 0.3) is 77.6 Å². The van der Waals surface area contributed by atoms with Gasteiger partial charge in [0.05, 0.1) is 5.69 Å². The molecule has 13 rings (SSSR count). The van der Waals surface area contributed by atoms with E-state index in [4.69, 9.17) is 4.42 Å². The maximum Gasteiger partial charge on any atom is 0.143 e. The topological polar surface area (TPSA) is 16.4 Å². The molecule has 0 saturated heterocycles. The van der Waals surface area contributed by atoms with E-state index in [9.17, 15) is 0 Å². The van der Waals surface area contributed by atoms with E-state index >= 15 is 0 Å². The molecule has 9 aromatic carbocycles. The summed E-state index contributed by atoms with van der Waals surface area (Å²) in [5, 5.41) is 2.28. The van der Waals surface area contributed by atoms with Crippen molar-refractivity contribution in [2.24, 2.45) is 0 Å². The van der Waals surface area contributed by atoms with Crippen LogP contribution in [0.5, 0.6) is 0 Å². The molecule has 65 heavy (non-hydrogen) atoms. The lowest BCUT2D eigenvalue weighted by Gasteiger charge is -2.30. The minimum atomic E-state index is -0.238. The fraction of sp³-hybridized carbons (Fsp3) is 0.143. The Hall–Kier alpha value is -7.42. The normalized spacial score (nSPS) is 15.3. The van der Waals surface area contributed by atoms with Crippen LogP contribution in [-0.4, -0.2) is 0 Å². The van der Waals surface area contributed by atoms with Crippen LogP contribution >= 0.6 is 0 Å². The van der Waals surface area contributed by atoms with E-state index in [2.05, 4.69) is 228 Å². The van der Waals surface area contributed by atoms with Crippen molar-refractivity contribution < 1.29 is 4.42 Å². The first-order valence-electron chi connectivity index (χ1n) is 23.1. The molecule has 0 bridgehead atoms. The van der Waals surface area contributed by atoms with Crippen LogP contribution in [0.3, 0.4) is 0 Å². The predicted molar refractivity (Wildman–Crippen MR) is 272 cm³/mol. The van der Waals surface area contributed by atoms with Gasteiger partial charge in [-0.15, -0.1) is 0 Å². The van der Waals surface area contributed by atoms with Crippen molar-refractivity contribution in [3.05, 3.63) is 221 Å². The highest BCUT2D eigenvalue weighted by molar-refractivity contribution is 6.09. The van der Waals surface area contributed by atoms with E-state index in [0.717, 1.165) is 44.4 Å². The third-order valence-electron chi connectivity index (χ3n) is 15.5. The summed E-state index contributed by atoms with van der Waals surface area (Å²) in [6, 6.07) is 70.0. The summed E-state index contributed by atoms with van der Waals surface area (Å²) in [5.74, 6) is 0. The van der Waals surface area contributed by atoms with Crippen LogP contribution in [0.15, 0.2) is 192 Å². The Labute approximate surface area is 381 Å². The van der Waals surface area contributed by atoms with Crippen LogP contribution in [0, 0.1) is 0 Å². The van der Waals surface area contributed by atoms with E-state index in [1.54, 1.807) is 0 Å². The zero-order valence-corrected chi connectivity index (χ0v) is 37.8. The largest absolute Gasteiger partial charge is 0.455 e. The third-order valence-corrected chi connectivity index (χ3v) is 15.5. The molecule has 10 aromatic rings. The number of benzene rings is 9. The highest BCUT2D eigenvalue weighted by Crippen LogP contribution is 2.59. The zero-order chi connectivity index (χ0) is 44.0. The lowest BCUT2D eigenvalue weighted by Crippen LogP contribution is -2.18. The molecule has 1 aromatic heterocycles. The molecule has 2 heteroatoms. The minimum Gasteiger partial charge on any atom is -0.455 e. The molecule has 0 spiro atoms. The first kappa shape index (κ1) is 38.1. The summed E-state index contributed by atoms with van der Waals surface area (Å²) < 4.78 is 6.52. The molecule has 2 nitrogen and oxygen atoms in total. The van der Waals surface area contributed by atoms with Gasteiger partial charge in [-0.05, 0) is 126 Å². The second-order valence-corrected chi connectivity index (χ2v) is 20.1. The van der Waals surface area contributed by atoms with Gasteiger partial charge in [-0.3, -0.25) is 0 Å². The smallest absolute Gasteiger partial charge is 0.143 e. The number of fused-ring (bicyclic) bond motifs is 12. The number of hydrogen-bond acceptors (Lipinski definition) is 2. The van der Waals surface area contributed by atoms with Gasteiger partial charge >= 0.3 is 0 Å². The maximum absolute atomic E-state index is 6.52. The summed E-state index contributed by atoms with van der Waals surface area (Å²) in [6.07, 6.45) is 0. The second-order valence-electron chi connectivity index (χ2n) is 20.1. The zero-order valence-electron chi connectivity index (χ0n) is 37.8. The number of rotatable bonds is 5. The lowest BCUT2D eigenvalue weighted by atomic mass is 9.79. The molecule has 312 valence electrons. The number of anilines is 3. The van der Waals surface area contributed by atoms with Gasteiger partial charge in [-0.2, -0.15) is 0 Å². The van der Waals surface area contributed by atoms with E-state index in [0.29, 0.717) is 0 Å². The van der Waals surface area contributed by atoms with E-state index in [-0.39, 0.29) is 16.2 Å². The Bertz CT molecular complexity index is 3620. The van der Waals surface area contributed by atoms with Crippen molar-refractivity contribution in [3.63, 3.8) is 0 Å². The van der Waals surface area contributed by atoms with Crippen molar-refractivity contribution >= 4 is 39.0 Å². The van der Waals surface area contributed by atoms with Gasteiger partial charge in [-0.1, -0.05) is 181 Å². The maximum atomic E-state index is 6.52. The molecule has 0 fully saturated rings. The Balaban J connectivity index is 0.981. The first-order chi connectivity index (χ1) is 31.5. The first-order valence-corrected chi connectivity index (χ1v) is 23.1. The molecular formula is C63H49NO. The summed E-state index contributed by atoms with van der Waals surface area (Å²) in [4.78, 5) is 2.51. The molecule has 0 unspecified atom stereocenters. The van der Waals surface area contributed by atoms with Gasteiger partial charge in [0, 0.05) is 49.5 Å². The quantitative estimate of drug-likeness (QED) is 0.172. The predicted octanol–water partition coefficient (Wildman–Crippen LogP) is 17.3. The van der Waals surface area contributed by atoms with Gasteiger partial charge < -0.3 is 9.32 Å². The van der Waals surface area contributed by atoms with Crippen molar-refractivity contribution in [1.29, 1.82) is 0 Å². The van der Waals surface area contributed by atoms with Crippen LogP contribution in [0.4, 0.5) is 17.1 Å². The summed E-state index contributed by atoms with van der Waals surface area (Å²) in [5.41, 5.74) is 25.9. The third kappa shape index (κ3) is 5.23. The van der Waals surface area contributed by atoms with Crippen molar-refractivity contribution in [3.8, 4) is 55.6 Å². The fourth-order valence-electron chi connectivity index (χ4n) is 12.1. The van der Waals surface area contributed by atoms with Crippen LogP contribution in [-0.2, 0) is 16.2 Å². The average Bonchev–Trinajstić information content (AvgIpc) is 3.98. The van der Waals surface area contributed by atoms with Crippen LogP contribution in [0.2, 0.25) is 0 Å². The number of nitrogens with zero attached hydrogens (tertiary/aromatic N) is 1. The Morgan fingerprint density at radius 1 is 0.338 bits per heavy atom. The molecule has 0 saturated carbocycles. The van der Waals surface area contributed by atoms with Crippen molar-refractivity contribution in [1.82, 2.24) is 0 Å². The van der Waals surface area contributed by atoms with E-state index in [1.807, 2.05) is 6.07 Å². The van der Waals surface area contributed by atoms with Crippen LogP contribution < -0.4 is 4.90 Å². The molecular weight excluding hydrogens is 787 g/mol. The Kier molecular flexibility index (Phi) is 7.80. The van der Waals surface area contributed by atoms with Gasteiger partial charge in [-0.25, -0.2) is 0 Å². The molecule has 0 amide bonds. The van der Waals surface area contributed by atoms with Gasteiger partial charge in [0.15, 0.2) is 0 Å². The standard InChI is InChI=1S/C63H49NO/c1-61(2)50-24-12-10-20-47(50)59-52(61)26-16-27-56(59)64(40-31-29-39(30-32-40)43-22-14-23-46-45-19-11-13-28-57(45)65-60(43)46)41-33-34-44-48-36-55-49(37-54(48)63(5,6)53(44)35-41)58-42(38-17-8-7-9-18-38)21-15-25-51(58)62(55,3)4/h7-37H,1-6H3. The molecule has 3 aliphatic rings. The van der Waals surface area contributed by atoms with E-state index < -0.39 is 0 Å². The summed E-state index contributed by atoms with van der Waals surface area (Å²) in [6.45, 7) is 14.4. The molecule has 3 aliphatic carbocycles. The summed E-state index contributed by atoms with van der Waals surface area (Å²) in [7, 11) is 0. The van der Waals surface area contributed by atoms with Crippen LogP contribution in [0.1, 0.15) is 74.9 Å². The highest BCUT2D eigenvalue weighted by atomic mass is 16.3. The lowest BCUT2D eigenvalue weighted by molar-refractivity contribution is 0.652. The number of furan rings is 1. The second kappa shape index (κ2) is 13.3. The Morgan fingerprint density at radius 3 is 1.72 bits per heavy atom. The van der Waals surface area contributed by atoms with Gasteiger partial charge in [0.2, 0.25) is 0 Å². The molecule has 1 heterocycles. The monoisotopic (exact) mass is 835 g/mol. The number of para-hydroxylation sites is 2. The average molecular weight is 836 g/mol. The van der Waals surface area contributed by atoms with Crippen molar-refractivity contribution in [2.45, 2.75) is 57.8 Å². The molecule has 0 N–H and O–H groups in total. The summed E-state index contributed by atoms with van der Waals surface area (Å²) >= 11 is 0. The molecule has 0 aliphatic heterocycles. The molecule has 0 radical (unpaired) electrons. The van der Waals surface area contributed by atoms with Crippen molar-refractivity contribution in [2.75, 3.05) is 4.90 Å².